The first kappa shape index (κ1) is 21.2. The van der Waals surface area contributed by atoms with Gasteiger partial charge in [0.2, 0.25) is 0 Å². The van der Waals surface area contributed by atoms with Crippen molar-refractivity contribution in [2.24, 2.45) is 22.2 Å². The van der Waals surface area contributed by atoms with Crippen molar-refractivity contribution in [3.63, 3.8) is 0 Å². The number of alkyl halides is 3. The Labute approximate surface area is 147 Å². The van der Waals surface area contributed by atoms with Gasteiger partial charge in [0.15, 0.2) is 5.96 Å². The number of benzene rings is 1. The molecule has 1 rings (SSSR count). The number of nitrogens with zero attached hydrogens (tertiary/aromatic N) is 1. The smallest absolute Gasteiger partial charge is 0.456 e. The van der Waals surface area contributed by atoms with Gasteiger partial charge in [-0.3, -0.25) is 0 Å². The molecule has 0 aliphatic rings. The number of rotatable bonds is 8. The lowest BCUT2D eigenvalue weighted by Crippen LogP contribution is -2.48. The number of hydrogen-bond donors (Lipinski definition) is 3. The van der Waals surface area contributed by atoms with Crippen molar-refractivity contribution in [3.05, 3.63) is 35.9 Å². The SMILES string of the molecule is NCCCC(N=C(N)N)(OC(=O)C(F)(F)F)C(=O)OCc1ccccc1. The maximum Gasteiger partial charge on any atom is 0.491 e. The lowest BCUT2D eigenvalue weighted by Gasteiger charge is -2.27. The van der Waals surface area contributed by atoms with Crippen LogP contribution in [-0.2, 0) is 25.7 Å². The van der Waals surface area contributed by atoms with Crippen molar-refractivity contribution in [2.75, 3.05) is 6.54 Å². The van der Waals surface area contributed by atoms with Gasteiger partial charge in [-0.25, -0.2) is 9.59 Å². The van der Waals surface area contributed by atoms with E-state index in [9.17, 15) is 22.8 Å². The maximum absolute atomic E-state index is 12.6. The van der Waals surface area contributed by atoms with E-state index in [1.54, 1.807) is 30.3 Å². The van der Waals surface area contributed by atoms with Crippen LogP contribution in [0.5, 0.6) is 0 Å². The lowest BCUT2D eigenvalue weighted by molar-refractivity contribution is -0.219. The number of esters is 2. The molecule has 0 radical (unpaired) electrons. The van der Waals surface area contributed by atoms with E-state index in [1.807, 2.05) is 0 Å². The van der Waals surface area contributed by atoms with Gasteiger partial charge in [-0.1, -0.05) is 30.3 Å². The molecule has 1 aromatic rings. The third-order valence-corrected chi connectivity index (χ3v) is 3.05. The molecule has 0 fully saturated rings. The van der Waals surface area contributed by atoms with E-state index >= 15 is 0 Å². The van der Waals surface area contributed by atoms with Crippen molar-refractivity contribution in [1.82, 2.24) is 0 Å². The zero-order valence-electron chi connectivity index (χ0n) is 13.7. The average Bonchev–Trinajstić information content (AvgIpc) is 2.57. The van der Waals surface area contributed by atoms with Crippen LogP contribution < -0.4 is 17.2 Å². The first-order chi connectivity index (χ1) is 12.1. The molecule has 0 saturated heterocycles. The van der Waals surface area contributed by atoms with Gasteiger partial charge >= 0.3 is 23.8 Å². The van der Waals surface area contributed by atoms with E-state index in [1.165, 1.54) is 0 Å². The Kier molecular flexibility index (Phi) is 7.38. The molecule has 8 nitrogen and oxygen atoms in total. The van der Waals surface area contributed by atoms with Crippen molar-refractivity contribution in [2.45, 2.75) is 31.3 Å². The Morgan fingerprint density at radius 1 is 1.08 bits per heavy atom. The van der Waals surface area contributed by atoms with E-state index < -0.39 is 36.2 Å². The van der Waals surface area contributed by atoms with Crippen LogP contribution >= 0.6 is 0 Å². The molecule has 144 valence electrons. The van der Waals surface area contributed by atoms with Gasteiger partial charge in [-0.05, 0) is 18.5 Å². The zero-order valence-corrected chi connectivity index (χ0v) is 13.7. The number of ether oxygens (including phenoxy) is 2. The summed E-state index contributed by atoms with van der Waals surface area (Å²) in [6, 6.07) is 8.31. The minimum Gasteiger partial charge on any atom is -0.456 e. The fourth-order valence-electron chi connectivity index (χ4n) is 1.92. The first-order valence-corrected chi connectivity index (χ1v) is 7.43. The van der Waals surface area contributed by atoms with Gasteiger partial charge in [0.25, 0.3) is 0 Å². The van der Waals surface area contributed by atoms with Gasteiger partial charge in [-0.15, -0.1) is 0 Å². The van der Waals surface area contributed by atoms with Crippen molar-refractivity contribution >= 4 is 17.9 Å². The van der Waals surface area contributed by atoms with E-state index in [-0.39, 0.29) is 19.6 Å². The van der Waals surface area contributed by atoms with E-state index in [0.29, 0.717) is 5.56 Å². The minimum absolute atomic E-state index is 0.0116. The molecule has 0 saturated carbocycles. The molecule has 1 unspecified atom stereocenters. The third-order valence-electron chi connectivity index (χ3n) is 3.05. The second kappa shape index (κ2) is 9.04. The third kappa shape index (κ3) is 6.24. The average molecular weight is 376 g/mol. The van der Waals surface area contributed by atoms with E-state index in [4.69, 9.17) is 21.9 Å². The number of carbonyl (C=O) groups excluding carboxylic acids is 2. The molecule has 11 heteroatoms. The van der Waals surface area contributed by atoms with Gasteiger partial charge in [-0.2, -0.15) is 18.2 Å². The lowest BCUT2D eigenvalue weighted by atomic mass is 10.1. The second-order valence-corrected chi connectivity index (χ2v) is 5.16. The van der Waals surface area contributed by atoms with Gasteiger partial charge in [0.05, 0.1) is 0 Å². The topological polar surface area (TPSA) is 143 Å². The number of aliphatic imine (C=N–C) groups is 1. The highest BCUT2D eigenvalue weighted by Crippen LogP contribution is 2.28. The fraction of sp³-hybridized carbons (Fsp3) is 0.400. The summed E-state index contributed by atoms with van der Waals surface area (Å²) in [6.07, 6.45) is -5.86. The highest BCUT2D eigenvalue weighted by molar-refractivity contribution is 5.88. The van der Waals surface area contributed by atoms with E-state index in [0.717, 1.165) is 0 Å². The Bertz CT molecular complexity index is 648. The molecule has 0 aromatic heterocycles. The van der Waals surface area contributed by atoms with Gasteiger partial charge in [0, 0.05) is 6.42 Å². The zero-order chi connectivity index (χ0) is 19.8. The Morgan fingerprint density at radius 2 is 1.69 bits per heavy atom. The molecule has 0 spiro atoms. The molecule has 0 aliphatic heterocycles. The number of hydrogen-bond acceptors (Lipinski definition) is 6. The summed E-state index contributed by atoms with van der Waals surface area (Å²) in [5.41, 5.74) is 13.6. The highest BCUT2D eigenvalue weighted by atomic mass is 19.4. The molecule has 6 N–H and O–H groups in total. The second-order valence-electron chi connectivity index (χ2n) is 5.16. The summed E-state index contributed by atoms with van der Waals surface area (Å²) in [5.74, 6) is -4.73. The van der Waals surface area contributed by atoms with Crippen LogP contribution in [0.15, 0.2) is 35.3 Å². The monoisotopic (exact) mass is 376 g/mol. The Morgan fingerprint density at radius 3 is 2.19 bits per heavy atom. The summed E-state index contributed by atoms with van der Waals surface area (Å²) in [5, 5.41) is 0. The maximum atomic E-state index is 12.6. The summed E-state index contributed by atoms with van der Waals surface area (Å²) in [4.78, 5) is 27.1. The normalized spacial score (nSPS) is 13.4. The number of carbonyl (C=O) groups is 2. The summed E-state index contributed by atoms with van der Waals surface area (Å²) in [6.45, 7) is -0.301. The van der Waals surface area contributed by atoms with Crippen LogP contribution in [0.25, 0.3) is 0 Å². The quantitative estimate of drug-likeness (QED) is 0.341. The van der Waals surface area contributed by atoms with Crippen LogP contribution in [0.1, 0.15) is 18.4 Å². The molecular weight excluding hydrogens is 357 g/mol. The molecule has 1 aromatic carbocycles. The molecule has 0 bridgehead atoms. The molecule has 26 heavy (non-hydrogen) atoms. The number of guanidine groups is 1. The standard InChI is InChI=1S/C15H19F3N4O4/c16-15(17,18)12(24)26-14(7-4-8-19,22-13(20)21)11(23)25-9-10-5-2-1-3-6-10/h1-3,5-6H,4,7-9,19H2,(H4,20,21,22). The number of nitrogens with two attached hydrogens (primary N) is 3. The van der Waals surface area contributed by atoms with Crippen LogP contribution in [0, 0.1) is 0 Å². The first-order valence-electron chi connectivity index (χ1n) is 7.43. The predicted octanol–water partition coefficient (Wildman–Crippen LogP) is 0.544. The Hall–Kier alpha value is -2.82. The predicted molar refractivity (Wildman–Crippen MR) is 85.2 cm³/mol. The Balaban J connectivity index is 3.11. The fourth-order valence-corrected chi connectivity index (χ4v) is 1.92. The molecule has 0 amide bonds. The highest BCUT2D eigenvalue weighted by Gasteiger charge is 2.51. The largest absolute Gasteiger partial charge is 0.491 e. The van der Waals surface area contributed by atoms with Crippen LogP contribution in [-0.4, -0.2) is 36.3 Å². The van der Waals surface area contributed by atoms with Crippen LogP contribution in [0.3, 0.4) is 0 Å². The molecule has 0 aliphatic carbocycles. The molecular formula is C15H19F3N4O4. The number of halogens is 3. The van der Waals surface area contributed by atoms with Crippen molar-refractivity contribution in [3.8, 4) is 0 Å². The van der Waals surface area contributed by atoms with Crippen molar-refractivity contribution in [1.29, 1.82) is 0 Å². The molecule has 1 atom stereocenters. The van der Waals surface area contributed by atoms with Crippen LogP contribution in [0.2, 0.25) is 0 Å². The summed E-state index contributed by atoms with van der Waals surface area (Å²) in [7, 11) is 0. The van der Waals surface area contributed by atoms with Gasteiger partial charge < -0.3 is 26.7 Å². The summed E-state index contributed by atoms with van der Waals surface area (Å²) >= 11 is 0. The van der Waals surface area contributed by atoms with E-state index in [2.05, 4.69) is 9.73 Å². The van der Waals surface area contributed by atoms with Gasteiger partial charge in [0.1, 0.15) is 6.61 Å². The molecule has 0 heterocycles. The minimum atomic E-state index is -5.35. The van der Waals surface area contributed by atoms with Crippen molar-refractivity contribution < 1.29 is 32.2 Å². The van der Waals surface area contributed by atoms with Crippen LogP contribution in [0.4, 0.5) is 13.2 Å². The summed E-state index contributed by atoms with van der Waals surface area (Å²) < 4.78 is 47.1.